The largest absolute Gasteiger partial charge is 0.455 e. The third-order valence-electron chi connectivity index (χ3n) is 3.45. The molecule has 3 aromatic rings. The van der Waals surface area contributed by atoms with Crippen molar-refractivity contribution < 1.29 is 14.1 Å². The highest BCUT2D eigenvalue weighted by molar-refractivity contribution is 6.33. The lowest BCUT2D eigenvalue weighted by Gasteiger charge is -2.02. The molecule has 9 heteroatoms. The zero-order valence-electron chi connectivity index (χ0n) is 13.8. The number of amides is 2. The number of benzene rings is 2. The number of carbonyl (C=O) groups is 1. The van der Waals surface area contributed by atoms with Crippen molar-refractivity contribution in [2.45, 2.75) is 0 Å². The number of nitro groups is 1. The zero-order chi connectivity index (χ0) is 19.2. The topological polar surface area (TPSA) is 110 Å². The van der Waals surface area contributed by atoms with Crippen LogP contribution in [0, 0.1) is 10.1 Å². The summed E-state index contributed by atoms with van der Waals surface area (Å²) in [7, 11) is 0. The van der Waals surface area contributed by atoms with Gasteiger partial charge in [-0.15, -0.1) is 0 Å². The third kappa shape index (κ3) is 4.71. The quantitative estimate of drug-likeness (QED) is 0.378. The Morgan fingerprint density at radius 1 is 1.15 bits per heavy atom. The first kappa shape index (κ1) is 18.2. The molecule has 0 aliphatic rings. The molecule has 0 saturated carbocycles. The van der Waals surface area contributed by atoms with Crippen molar-refractivity contribution in [2.24, 2.45) is 5.10 Å². The van der Waals surface area contributed by atoms with Gasteiger partial charge in [-0.3, -0.25) is 10.1 Å². The number of hydrogen-bond acceptors (Lipinski definition) is 5. The van der Waals surface area contributed by atoms with E-state index in [1.54, 1.807) is 36.4 Å². The maximum absolute atomic E-state index is 11.7. The molecule has 0 fully saturated rings. The summed E-state index contributed by atoms with van der Waals surface area (Å²) in [5.74, 6) is 0.796. The van der Waals surface area contributed by atoms with Crippen molar-refractivity contribution in [1.82, 2.24) is 5.43 Å². The van der Waals surface area contributed by atoms with E-state index >= 15 is 0 Å². The van der Waals surface area contributed by atoms with Crippen molar-refractivity contribution >= 4 is 35.2 Å². The lowest BCUT2D eigenvalue weighted by Crippen LogP contribution is -2.24. The van der Waals surface area contributed by atoms with Gasteiger partial charge >= 0.3 is 6.03 Å². The number of nitrogens with zero attached hydrogens (tertiary/aromatic N) is 2. The van der Waals surface area contributed by atoms with Crippen LogP contribution in [0.1, 0.15) is 5.76 Å². The van der Waals surface area contributed by atoms with E-state index in [9.17, 15) is 14.9 Å². The first-order valence-electron chi connectivity index (χ1n) is 7.72. The fourth-order valence-corrected chi connectivity index (χ4v) is 2.49. The number of furan rings is 1. The molecule has 0 unspecified atom stereocenters. The molecule has 0 radical (unpaired) electrons. The number of anilines is 1. The molecule has 0 aliphatic carbocycles. The van der Waals surface area contributed by atoms with Gasteiger partial charge in [0.05, 0.1) is 16.2 Å². The third-order valence-corrected chi connectivity index (χ3v) is 3.76. The molecule has 8 nitrogen and oxygen atoms in total. The summed E-state index contributed by atoms with van der Waals surface area (Å²) in [5.41, 5.74) is 3.36. The van der Waals surface area contributed by atoms with Crippen molar-refractivity contribution in [2.75, 3.05) is 5.32 Å². The molecule has 0 bridgehead atoms. The summed E-state index contributed by atoms with van der Waals surface area (Å²) in [5, 5.41) is 17.4. The Labute approximate surface area is 158 Å². The van der Waals surface area contributed by atoms with E-state index in [1.165, 1.54) is 24.4 Å². The maximum atomic E-state index is 11.7. The first-order chi connectivity index (χ1) is 13.0. The number of rotatable bonds is 5. The second-order valence-electron chi connectivity index (χ2n) is 5.31. The number of carbonyl (C=O) groups excluding carboxylic acids is 1. The molecule has 3 rings (SSSR count). The minimum absolute atomic E-state index is 0.106. The van der Waals surface area contributed by atoms with Gasteiger partial charge in [0.2, 0.25) is 0 Å². The van der Waals surface area contributed by atoms with Crippen molar-refractivity contribution in [3.8, 4) is 11.3 Å². The van der Waals surface area contributed by atoms with Crippen LogP contribution in [0.4, 0.5) is 16.2 Å². The molecule has 1 heterocycles. The molecular weight excluding hydrogens is 372 g/mol. The van der Waals surface area contributed by atoms with Gasteiger partial charge in [0.15, 0.2) is 0 Å². The number of para-hydroxylation sites is 1. The smallest absolute Gasteiger partial charge is 0.339 e. The highest BCUT2D eigenvalue weighted by Crippen LogP contribution is 2.31. The minimum atomic E-state index is -0.526. The standard InChI is InChI=1S/C18H13ClN4O4/c19-16-10-13(23(25)26)6-8-15(16)17-9-7-14(27-17)11-20-22-18(24)21-12-4-2-1-3-5-12/h1-11H,(H2,21,22,24)/b20-11+. The predicted octanol–water partition coefficient (Wildman–Crippen LogP) is 4.66. The van der Waals surface area contributed by atoms with Gasteiger partial charge in [-0.05, 0) is 30.3 Å². The molecule has 2 aromatic carbocycles. The Kier molecular flexibility index (Phi) is 5.48. The van der Waals surface area contributed by atoms with Gasteiger partial charge in [-0.25, -0.2) is 10.2 Å². The molecule has 2 amide bonds. The Bertz CT molecular complexity index is 1000. The molecule has 0 atom stereocenters. The van der Waals surface area contributed by atoms with E-state index < -0.39 is 11.0 Å². The van der Waals surface area contributed by atoms with Gasteiger partial charge in [-0.1, -0.05) is 29.8 Å². The van der Waals surface area contributed by atoms with Crippen LogP contribution in [-0.4, -0.2) is 17.2 Å². The first-order valence-corrected chi connectivity index (χ1v) is 8.10. The van der Waals surface area contributed by atoms with E-state index in [1.807, 2.05) is 6.07 Å². The number of nitro benzene ring substituents is 1. The Morgan fingerprint density at radius 2 is 1.93 bits per heavy atom. The fourth-order valence-electron chi connectivity index (χ4n) is 2.22. The number of nitrogens with one attached hydrogen (secondary N) is 2. The molecular formula is C18H13ClN4O4. The lowest BCUT2D eigenvalue weighted by molar-refractivity contribution is -0.384. The Hall–Kier alpha value is -3.65. The van der Waals surface area contributed by atoms with Gasteiger partial charge in [0, 0.05) is 23.4 Å². The van der Waals surface area contributed by atoms with Crippen LogP contribution in [0.5, 0.6) is 0 Å². The highest BCUT2D eigenvalue weighted by atomic mass is 35.5. The highest BCUT2D eigenvalue weighted by Gasteiger charge is 2.13. The monoisotopic (exact) mass is 384 g/mol. The van der Waals surface area contributed by atoms with E-state index in [-0.39, 0.29) is 10.7 Å². The summed E-state index contributed by atoms with van der Waals surface area (Å²) in [4.78, 5) is 22.0. The Balaban J connectivity index is 1.63. The van der Waals surface area contributed by atoms with Gasteiger partial charge < -0.3 is 9.73 Å². The second kappa shape index (κ2) is 8.15. The van der Waals surface area contributed by atoms with Crippen molar-refractivity contribution in [1.29, 1.82) is 0 Å². The van der Waals surface area contributed by atoms with E-state index in [2.05, 4.69) is 15.8 Å². The summed E-state index contributed by atoms with van der Waals surface area (Å²) in [6.07, 6.45) is 1.33. The average molecular weight is 385 g/mol. The SMILES string of the molecule is O=C(N/N=C/c1ccc(-c2ccc([N+](=O)[O-])cc2Cl)o1)Nc1ccccc1. The molecule has 2 N–H and O–H groups in total. The van der Waals surface area contributed by atoms with Crippen molar-refractivity contribution in [3.05, 3.63) is 81.6 Å². The second-order valence-corrected chi connectivity index (χ2v) is 5.72. The van der Waals surface area contributed by atoms with E-state index in [0.29, 0.717) is 22.8 Å². The zero-order valence-corrected chi connectivity index (χ0v) is 14.5. The molecule has 0 aliphatic heterocycles. The van der Waals surface area contributed by atoms with Gasteiger partial charge in [-0.2, -0.15) is 5.10 Å². The summed E-state index contributed by atoms with van der Waals surface area (Å²) < 4.78 is 5.58. The average Bonchev–Trinajstić information content (AvgIpc) is 3.11. The van der Waals surface area contributed by atoms with E-state index in [4.69, 9.17) is 16.0 Å². The maximum Gasteiger partial charge on any atom is 0.339 e. The molecule has 0 saturated heterocycles. The lowest BCUT2D eigenvalue weighted by atomic mass is 10.1. The van der Waals surface area contributed by atoms with E-state index in [0.717, 1.165) is 0 Å². The number of non-ortho nitro benzene ring substituents is 1. The number of hydrazone groups is 1. The van der Waals surface area contributed by atoms with Crippen LogP contribution in [0.25, 0.3) is 11.3 Å². The van der Waals surface area contributed by atoms with Crippen LogP contribution in [0.3, 0.4) is 0 Å². The summed E-state index contributed by atoms with van der Waals surface area (Å²) in [6.45, 7) is 0. The minimum Gasteiger partial charge on any atom is -0.455 e. The van der Waals surface area contributed by atoms with Crippen LogP contribution in [-0.2, 0) is 0 Å². The van der Waals surface area contributed by atoms with Crippen LogP contribution >= 0.6 is 11.6 Å². The molecule has 27 heavy (non-hydrogen) atoms. The van der Waals surface area contributed by atoms with Crippen LogP contribution in [0.15, 0.2) is 70.2 Å². The number of hydrogen-bond donors (Lipinski definition) is 2. The number of urea groups is 1. The van der Waals surface area contributed by atoms with Gasteiger partial charge in [0.25, 0.3) is 5.69 Å². The van der Waals surface area contributed by atoms with Gasteiger partial charge in [0.1, 0.15) is 11.5 Å². The van der Waals surface area contributed by atoms with Crippen molar-refractivity contribution in [3.63, 3.8) is 0 Å². The Morgan fingerprint density at radius 3 is 2.63 bits per heavy atom. The molecule has 0 spiro atoms. The van der Waals surface area contributed by atoms with Crippen LogP contribution < -0.4 is 10.7 Å². The van der Waals surface area contributed by atoms with Crippen LogP contribution in [0.2, 0.25) is 5.02 Å². The summed E-state index contributed by atoms with van der Waals surface area (Å²) in [6, 6.07) is 15.8. The molecule has 136 valence electrons. The predicted molar refractivity (Wildman–Crippen MR) is 102 cm³/mol. The normalized spacial score (nSPS) is 10.7. The number of halogens is 1. The fraction of sp³-hybridized carbons (Fsp3) is 0. The summed E-state index contributed by atoms with van der Waals surface area (Å²) >= 11 is 6.08. The molecule has 1 aromatic heterocycles.